The molecule has 1 unspecified atom stereocenters. The summed E-state index contributed by atoms with van der Waals surface area (Å²) >= 11 is 0. The Morgan fingerprint density at radius 1 is 0.698 bits per heavy atom. The normalized spacial score (nSPS) is 19.9. The number of nitrogens with one attached hydrogen (secondary N) is 1. The third-order valence-corrected chi connectivity index (χ3v) is 13.8. The van der Waals surface area contributed by atoms with Crippen LogP contribution in [-0.2, 0) is 20.8 Å². The lowest BCUT2D eigenvalue weighted by atomic mass is 9.83. The van der Waals surface area contributed by atoms with Crippen LogP contribution in [-0.4, -0.2) is 79.5 Å². The number of benzene rings is 3. The Balaban J connectivity index is 0.832. The maximum Gasteiger partial charge on any atom is 0.330 e. The predicted molar refractivity (Wildman–Crippen MR) is 242 cm³/mol. The second-order valence-electron chi connectivity index (χ2n) is 17.4. The highest BCUT2D eigenvalue weighted by Gasteiger charge is 2.36. The molecule has 0 spiro atoms. The molecule has 0 saturated carbocycles. The molecule has 5 saturated heterocycles. The standard InChI is InChI=1S/C50H51FN8O4/c1-2-39-42(17-21-53-48(39)59-26-25-58(50(59)63)38-5-3-20-52-29-38)41-13-12-37(57-22-4-6-47(57)61)28-43(41)35-30-56(31-35)36-10-7-32(8-11-36)33-18-23-55(24-19-33)45-15-9-34(27-44(45)51)40-14-16-46(60)54-49(40)62/h3,5,7-13,15,17,20-21,27-29,33,35,40H,2,4,6,14,16,18-19,22-26,30-31H2,1H3,(H,54,60,62). The number of urea groups is 1. The van der Waals surface area contributed by atoms with Gasteiger partial charge in [0.1, 0.15) is 11.6 Å². The third kappa shape index (κ3) is 7.67. The van der Waals surface area contributed by atoms with E-state index in [1.165, 1.54) is 22.9 Å². The van der Waals surface area contributed by atoms with Crippen LogP contribution in [0.15, 0.2) is 97.5 Å². The zero-order chi connectivity index (χ0) is 43.2. The highest BCUT2D eigenvalue weighted by molar-refractivity contribution is 6.06. The van der Waals surface area contributed by atoms with Gasteiger partial charge in [-0.2, -0.15) is 0 Å². The molecule has 3 aromatic carbocycles. The Kier molecular flexibility index (Phi) is 10.9. The lowest BCUT2D eigenvalue weighted by Gasteiger charge is -2.42. The van der Waals surface area contributed by atoms with Crippen molar-refractivity contribution in [1.29, 1.82) is 0 Å². The summed E-state index contributed by atoms with van der Waals surface area (Å²) in [6.07, 6.45) is 9.82. The number of aromatic nitrogens is 2. The maximum absolute atomic E-state index is 15.4. The van der Waals surface area contributed by atoms with E-state index in [-0.39, 0.29) is 41.9 Å². The summed E-state index contributed by atoms with van der Waals surface area (Å²) in [6, 6.07) is 26.1. The molecule has 63 heavy (non-hydrogen) atoms. The van der Waals surface area contributed by atoms with Crippen molar-refractivity contribution in [3.05, 3.63) is 126 Å². The average molecular weight is 847 g/mol. The molecule has 322 valence electrons. The number of rotatable bonds is 10. The minimum absolute atomic E-state index is 0.109. The van der Waals surface area contributed by atoms with Crippen molar-refractivity contribution in [2.45, 2.75) is 69.6 Å². The summed E-state index contributed by atoms with van der Waals surface area (Å²) < 4.78 is 15.4. The van der Waals surface area contributed by atoms with E-state index in [2.05, 4.69) is 75.6 Å². The van der Waals surface area contributed by atoms with Crippen molar-refractivity contribution in [3.8, 4) is 11.1 Å². The van der Waals surface area contributed by atoms with E-state index in [0.717, 1.165) is 80.1 Å². The molecule has 2 aromatic heterocycles. The molecule has 10 rings (SSSR count). The van der Waals surface area contributed by atoms with Gasteiger partial charge >= 0.3 is 6.03 Å². The van der Waals surface area contributed by atoms with Crippen LogP contribution in [0.1, 0.15) is 85.5 Å². The number of hydrogen-bond acceptors (Lipinski definition) is 8. The molecule has 1 atom stereocenters. The van der Waals surface area contributed by atoms with Gasteiger partial charge in [-0.3, -0.25) is 34.5 Å². The van der Waals surface area contributed by atoms with Crippen LogP contribution in [0, 0.1) is 5.82 Å². The smallest absolute Gasteiger partial charge is 0.330 e. The molecule has 13 heteroatoms. The monoisotopic (exact) mass is 846 g/mol. The molecule has 5 fully saturated rings. The van der Waals surface area contributed by atoms with E-state index in [1.54, 1.807) is 28.3 Å². The molecule has 0 bridgehead atoms. The van der Waals surface area contributed by atoms with Gasteiger partial charge in [-0.1, -0.05) is 31.2 Å². The summed E-state index contributed by atoms with van der Waals surface area (Å²) in [5.74, 6) is -0.0262. The van der Waals surface area contributed by atoms with Crippen molar-refractivity contribution in [2.24, 2.45) is 0 Å². The molecule has 12 nitrogen and oxygen atoms in total. The lowest BCUT2D eigenvalue weighted by Crippen LogP contribution is -2.45. The number of anilines is 5. The first-order chi connectivity index (χ1) is 30.7. The van der Waals surface area contributed by atoms with Gasteiger partial charge in [0, 0.05) is 93.9 Å². The number of nitrogens with zero attached hydrogens (tertiary/aromatic N) is 7. The summed E-state index contributed by atoms with van der Waals surface area (Å²) in [6.45, 7) is 7.05. The number of carbonyl (C=O) groups is 4. The SMILES string of the molecule is CCc1c(-c2ccc(N3CCCC3=O)cc2C2CN(c3ccc(C4CCN(c5ccc(C6CCC(=O)NC6=O)cc5F)CC4)cc3)C2)ccnc1N1CCN(c2cccnc2)C1=O. The van der Waals surface area contributed by atoms with Gasteiger partial charge in [0.2, 0.25) is 17.7 Å². The molecular formula is C50H51FN8O4. The molecule has 0 radical (unpaired) electrons. The van der Waals surface area contributed by atoms with Crippen molar-refractivity contribution < 1.29 is 23.6 Å². The van der Waals surface area contributed by atoms with Crippen LogP contribution < -0.4 is 29.8 Å². The Hall–Kier alpha value is -6.63. The number of amides is 5. The van der Waals surface area contributed by atoms with Crippen LogP contribution in [0.5, 0.6) is 0 Å². The highest BCUT2D eigenvalue weighted by atomic mass is 19.1. The quantitative estimate of drug-likeness (QED) is 0.141. The van der Waals surface area contributed by atoms with Crippen LogP contribution in [0.25, 0.3) is 11.1 Å². The van der Waals surface area contributed by atoms with Crippen LogP contribution in [0.3, 0.4) is 0 Å². The molecule has 5 aromatic rings. The Morgan fingerprint density at radius 2 is 1.48 bits per heavy atom. The van der Waals surface area contributed by atoms with Gasteiger partial charge in [0.05, 0.1) is 23.5 Å². The van der Waals surface area contributed by atoms with Gasteiger partial charge in [-0.05, 0) is 120 Å². The van der Waals surface area contributed by atoms with Gasteiger partial charge in [-0.15, -0.1) is 0 Å². The average Bonchev–Trinajstić information content (AvgIpc) is 3.90. The number of halogens is 1. The second-order valence-corrected chi connectivity index (χ2v) is 17.4. The Labute approximate surface area is 366 Å². The van der Waals surface area contributed by atoms with Gasteiger partial charge in [0.25, 0.3) is 0 Å². The first kappa shape index (κ1) is 40.4. The maximum atomic E-state index is 15.4. The zero-order valence-corrected chi connectivity index (χ0v) is 35.5. The van der Waals surface area contributed by atoms with Crippen molar-refractivity contribution >= 4 is 52.3 Å². The van der Waals surface area contributed by atoms with Crippen LogP contribution in [0.4, 0.5) is 37.8 Å². The number of piperidine rings is 2. The summed E-state index contributed by atoms with van der Waals surface area (Å²) in [5.41, 5.74) is 9.72. The van der Waals surface area contributed by atoms with Crippen LogP contribution in [0.2, 0.25) is 0 Å². The van der Waals surface area contributed by atoms with Crippen molar-refractivity contribution in [1.82, 2.24) is 15.3 Å². The first-order valence-electron chi connectivity index (χ1n) is 22.4. The topological polar surface area (TPSA) is 122 Å². The zero-order valence-electron chi connectivity index (χ0n) is 35.5. The molecule has 5 amide bonds. The largest absolute Gasteiger partial charge is 0.370 e. The fraction of sp³-hybridized carbons (Fsp3) is 0.360. The van der Waals surface area contributed by atoms with E-state index in [9.17, 15) is 19.2 Å². The summed E-state index contributed by atoms with van der Waals surface area (Å²) in [4.78, 5) is 69.7. The third-order valence-electron chi connectivity index (χ3n) is 13.8. The summed E-state index contributed by atoms with van der Waals surface area (Å²) in [5, 5.41) is 2.37. The highest BCUT2D eigenvalue weighted by Crippen LogP contribution is 2.43. The van der Waals surface area contributed by atoms with Gasteiger partial charge in [0.15, 0.2) is 0 Å². The number of imide groups is 1. The fourth-order valence-electron chi connectivity index (χ4n) is 10.3. The number of hydrogen-bond donors (Lipinski definition) is 1. The molecule has 0 aliphatic carbocycles. The van der Waals surface area contributed by atoms with Gasteiger partial charge in [-0.25, -0.2) is 14.2 Å². The Bertz CT molecular complexity index is 2570. The first-order valence-corrected chi connectivity index (χ1v) is 22.4. The van der Waals surface area contributed by atoms with E-state index < -0.39 is 5.92 Å². The molecule has 5 aliphatic heterocycles. The number of carbonyl (C=O) groups excluding carboxylic acids is 4. The molecule has 7 heterocycles. The lowest BCUT2D eigenvalue weighted by molar-refractivity contribution is -0.134. The minimum atomic E-state index is -0.507. The van der Waals surface area contributed by atoms with E-state index in [1.807, 2.05) is 29.3 Å². The van der Waals surface area contributed by atoms with Gasteiger partial charge < -0.3 is 14.7 Å². The second kappa shape index (κ2) is 16.9. The van der Waals surface area contributed by atoms with Crippen LogP contribution >= 0.6 is 0 Å². The molecule has 5 aliphatic rings. The van der Waals surface area contributed by atoms with E-state index >= 15 is 4.39 Å². The van der Waals surface area contributed by atoms with Crippen molar-refractivity contribution in [2.75, 3.05) is 70.3 Å². The van der Waals surface area contributed by atoms with E-state index in [0.29, 0.717) is 55.3 Å². The predicted octanol–water partition coefficient (Wildman–Crippen LogP) is 7.93. The molecule has 1 N–H and O–H groups in total. The minimum Gasteiger partial charge on any atom is -0.370 e. The van der Waals surface area contributed by atoms with Crippen molar-refractivity contribution in [3.63, 3.8) is 0 Å². The Morgan fingerprint density at radius 3 is 2.19 bits per heavy atom. The number of pyridine rings is 2. The van der Waals surface area contributed by atoms with E-state index in [4.69, 9.17) is 4.98 Å². The molecular weight excluding hydrogens is 796 g/mol. The summed E-state index contributed by atoms with van der Waals surface area (Å²) in [7, 11) is 0. The fourth-order valence-corrected chi connectivity index (χ4v) is 10.3.